The zero-order chi connectivity index (χ0) is 44.3. The Balaban J connectivity index is 4.46. The van der Waals surface area contributed by atoms with Gasteiger partial charge in [-0.05, 0) is 96.3 Å². The van der Waals surface area contributed by atoms with Crippen LogP contribution in [0.5, 0.6) is 0 Å². The van der Waals surface area contributed by atoms with Crippen LogP contribution in [0.4, 0.5) is 0 Å². The van der Waals surface area contributed by atoms with Crippen LogP contribution in [0, 0.1) is 0 Å². The molecule has 60 heavy (non-hydrogen) atoms. The molecule has 1 N–H and O–H groups in total. The van der Waals surface area contributed by atoms with Gasteiger partial charge in [-0.2, -0.15) is 0 Å². The molecule has 0 heterocycles. The predicted molar refractivity (Wildman–Crippen MR) is 252 cm³/mol. The second kappa shape index (κ2) is 41.5. The average Bonchev–Trinajstić information content (AvgIpc) is 3.20. The Kier molecular flexibility index (Phi) is 39.6. The summed E-state index contributed by atoms with van der Waals surface area (Å²) in [6, 6.07) is 0. The first-order chi connectivity index (χ1) is 29.0. The van der Waals surface area contributed by atoms with Crippen molar-refractivity contribution < 1.29 is 42.1 Å². The van der Waals surface area contributed by atoms with Gasteiger partial charge in [0.2, 0.25) is 0 Å². The van der Waals surface area contributed by atoms with Crippen molar-refractivity contribution >= 4 is 19.8 Å². The van der Waals surface area contributed by atoms with Crippen LogP contribution in [0.25, 0.3) is 0 Å². The Labute approximate surface area is 367 Å². The molecule has 0 radical (unpaired) electrons. The van der Waals surface area contributed by atoms with Gasteiger partial charge in [-0.15, -0.1) is 0 Å². The molecule has 0 aromatic heterocycles. The molecule has 0 saturated heterocycles. The normalized spacial score (nSPS) is 14.3. The van der Waals surface area contributed by atoms with Crippen molar-refractivity contribution in [3.05, 3.63) is 85.1 Å². The zero-order valence-corrected chi connectivity index (χ0v) is 39.6. The molecule has 344 valence electrons. The number of carbonyl (C=O) groups excluding carboxylic acids is 2. The number of phosphoric acid groups is 1. The maximum absolute atomic E-state index is 12.7. The van der Waals surface area contributed by atoms with Crippen LogP contribution in [0.15, 0.2) is 85.1 Å². The SMILES string of the molecule is CCCCC/C=C/C/C=C/C/C=C/C/C=C/CCCCCC(=O)O[C@H](COC(=O)CCCCCC/C=C/C/C=C/C/C=C/CCCCC)COP(=O)(O)OCC[N+](C)(C)C. The zero-order valence-electron chi connectivity index (χ0n) is 38.7. The molecule has 0 amide bonds. The Bertz CT molecular complexity index is 1290. The molecule has 0 bridgehead atoms. The minimum atomic E-state index is -4.40. The standard InChI is InChI=1S/C50H86NO8P/c1-6-8-10-12-14-16-18-20-22-24-25-27-29-31-33-35-37-39-41-43-50(53)59-48(47-58-60(54,55)57-45-44-51(3,4)5)46-56-49(52)42-40-38-36-34-32-30-28-26-23-21-19-17-15-13-11-9-7-2/h14-17,20-23,25,27-28,30-31,33,48H,6-13,18-19,24,26,29,32,34-47H2,1-5H3/p+1/b16-14+,17-15+,22-20+,23-21+,27-25+,30-28+,33-31+/t48-/m1/s1. The van der Waals surface area contributed by atoms with E-state index in [2.05, 4.69) is 98.9 Å². The minimum Gasteiger partial charge on any atom is -0.462 e. The molecule has 0 fully saturated rings. The van der Waals surface area contributed by atoms with Gasteiger partial charge in [0.15, 0.2) is 6.10 Å². The number of carbonyl (C=O) groups is 2. The summed E-state index contributed by atoms with van der Waals surface area (Å²) < 4.78 is 34.3. The number of likely N-dealkylation sites (N-methyl/N-ethyl adjacent to an activating group) is 1. The van der Waals surface area contributed by atoms with Gasteiger partial charge in [0, 0.05) is 12.8 Å². The molecule has 0 saturated carbocycles. The number of quaternary nitrogens is 1. The highest BCUT2D eigenvalue weighted by molar-refractivity contribution is 7.47. The van der Waals surface area contributed by atoms with E-state index in [1.165, 1.54) is 51.4 Å². The van der Waals surface area contributed by atoms with Crippen LogP contribution in [0.2, 0.25) is 0 Å². The fourth-order valence-corrected chi connectivity index (χ4v) is 6.45. The van der Waals surface area contributed by atoms with Crippen LogP contribution in [0.3, 0.4) is 0 Å². The van der Waals surface area contributed by atoms with E-state index in [0.29, 0.717) is 23.9 Å². The number of phosphoric ester groups is 1. The van der Waals surface area contributed by atoms with Gasteiger partial charge in [-0.3, -0.25) is 18.6 Å². The molecule has 0 aliphatic rings. The molecule has 0 spiro atoms. The van der Waals surface area contributed by atoms with Gasteiger partial charge >= 0.3 is 19.8 Å². The lowest BCUT2D eigenvalue weighted by Crippen LogP contribution is -2.37. The third-order valence-electron chi connectivity index (χ3n) is 9.40. The van der Waals surface area contributed by atoms with Gasteiger partial charge in [0.1, 0.15) is 19.8 Å². The molecule has 2 atom stereocenters. The van der Waals surface area contributed by atoms with Gasteiger partial charge in [-0.25, -0.2) is 4.57 Å². The molecular formula is C50H87NO8P+. The van der Waals surface area contributed by atoms with E-state index in [1.54, 1.807) is 0 Å². The first-order valence-corrected chi connectivity index (χ1v) is 24.8. The molecule has 0 aromatic carbocycles. The maximum Gasteiger partial charge on any atom is 0.472 e. The molecule has 0 aromatic rings. The van der Waals surface area contributed by atoms with Crippen molar-refractivity contribution in [1.29, 1.82) is 0 Å². The Morgan fingerprint density at radius 2 is 0.900 bits per heavy atom. The largest absolute Gasteiger partial charge is 0.472 e. The monoisotopic (exact) mass is 861 g/mol. The summed E-state index contributed by atoms with van der Waals surface area (Å²) in [5.41, 5.74) is 0. The van der Waals surface area contributed by atoms with E-state index in [9.17, 15) is 19.0 Å². The number of nitrogens with zero attached hydrogens (tertiary/aromatic N) is 1. The number of unbranched alkanes of at least 4 members (excludes halogenated alkanes) is 13. The van der Waals surface area contributed by atoms with Crippen molar-refractivity contribution in [2.45, 2.75) is 174 Å². The van der Waals surface area contributed by atoms with E-state index in [-0.39, 0.29) is 26.1 Å². The minimum absolute atomic E-state index is 0.0166. The van der Waals surface area contributed by atoms with Crippen molar-refractivity contribution in [1.82, 2.24) is 0 Å². The molecule has 0 rings (SSSR count). The Hall–Kier alpha value is -2.81. The van der Waals surface area contributed by atoms with E-state index < -0.39 is 32.5 Å². The fourth-order valence-electron chi connectivity index (χ4n) is 5.71. The molecule has 9 nitrogen and oxygen atoms in total. The van der Waals surface area contributed by atoms with Crippen molar-refractivity contribution in [2.75, 3.05) is 47.5 Å². The second-order valence-electron chi connectivity index (χ2n) is 16.4. The summed E-state index contributed by atoms with van der Waals surface area (Å²) in [5, 5.41) is 0. The van der Waals surface area contributed by atoms with Crippen molar-refractivity contribution in [3.8, 4) is 0 Å². The van der Waals surface area contributed by atoms with Crippen LogP contribution in [-0.4, -0.2) is 74.9 Å². The fraction of sp³-hybridized carbons (Fsp3) is 0.680. The lowest BCUT2D eigenvalue weighted by Gasteiger charge is -2.24. The molecular weight excluding hydrogens is 774 g/mol. The number of esters is 2. The summed E-state index contributed by atoms with van der Waals surface area (Å²) in [5.74, 6) is -0.867. The van der Waals surface area contributed by atoms with E-state index in [0.717, 1.165) is 77.0 Å². The summed E-state index contributed by atoms with van der Waals surface area (Å²) in [6.45, 7) is 4.28. The van der Waals surface area contributed by atoms with Gasteiger partial charge in [0.25, 0.3) is 0 Å². The van der Waals surface area contributed by atoms with Crippen molar-refractivity contribution in [3.63, 3.8) is 0 Å². The average molecular weight is 861 g/mol. The number of hydrogen-bond acceptors (Lipinski definition) is 7. The summed E-state index contributed by atoms with van der Waals surface area (Å²) in [7, 11) is 1.43. The predicted octanol–water partition coefficient (Wildman–Crippen LogP) is 13.6. The number of ether oxygens (including phenoxy) is 2. The molecule has 1 unspecified atom stereocenters. The number of allylic oxidation sites excluding steroid dienone is 14. The number of hydrogen-bond donors (Lipinski definition) is 1. The number of rotatable bonds is 41. The van der Waals surface area contributed by atoms with E-state index in [1.807, 2.05) is 21.1 Å². The highest BCUT2D eigenvalue weighted by Gasteiger charge is 2.27. The first kappa shape index (κ1) is 57.2. The van der Waals surface area contributed by atoms with Gasteiger partial charge in [-0.1, -0.05) is 144 Å². The van der Waals surface area contributed by atoms with E-state index >= 15 is 0 Å². The highest BCUT2D eigenvalue weighted by atomic mass is 31.2. The summed E-state index contributed by atoms with van der Waals surface area (Å²) in [4.78, 5) is 35.4. The Morgan fingerprint density at radius 3 is 1.33 bits per heavy atom. The van der Waals surface area contributed by atoms with Crippen LogP contribution in [0.1, 0.15) is 168 Å². The molecule has 0 aliphatic carbocycles. The topological polar surface area (TPSA) is 108 Å². The first-order valence-electron chi connectivity index (χ1n) is 23.3. The van der Waals surface area contributed by atoms with Crippen LogP contribution in [-0.2, 0) is 32.7 Å². The maximum atomic E-state index is 12.7. The lowest BCUT2D eigenvalue weighted by molar-refractivity contribution is -0.870. The smallest absolute Gasteiger partial charge is 0.462 e. The van der Waals surface area contributed by atoms with Gasteiger partial charge in [0.05, 0.1) is 27.7 Å². The summed E-state index contributed by atoms with van der Waals surface area (Å²) in [6.07, 6.45) is 53.4. The van der Waals surface area contributed by atoms with Gasteiger partial charge < -0.3 is 18.9 Å². The third kappa shape index (κ3) is 44.7. The van der Waals surface area contributed by atoms with E-state index in [4.69, 9.17) is 18.5 Å². The van der Waals surface area contributed by atoms with Crippen LogP contribution >= 0.6 is 7.82 Å². The van der Waals surface area contributed by atoms with Crippen LogP contribution < -0.4 is 0 Å². The quantitative estimate of drug-likeness (QED) is 0.0213. The second-order valence-corrected chi connectivity index (χ2v) is 17.9. The highest BCUT2D eigenvalue weighted by Crippen LogP contribution is 2.43. The third-order valence-corrected chi connectivity index (χ3v) is 10.4. The summed E-state index contributed by atoms with van der Waals surface area (Å²) >= 11 is 0. The van der Waals surface area contributed by atoms with Crippen molar-refractivity contribution in [2.24, 2.45) is 0 Å². The lowest BCUT2D eigenvalue weighted by atomic mass is 10.1. The molecule has 0 aliphatic heterocycles. The molecule has 10 heteroatoms. The Morgan fingerprint density at radius 1 is 0.517 bits per heavy atom.